The van der Waals surface area contributed by atoms with Crippen molar-refractivity contribution in [1.82, 2.24) is 41.4 Å². The quantitative estimate of drug-likeness (QED) is 0.0621. The first kappa shape index (κ1) is 50.2. The van der Waals surface area contributed by atoms with Crippen molar-refractivity contribution in [1.29, 1.82) is 0 Å². The maximum Gasteiger partial charge on any atom is 0.407 e. The average Bonchev–Trinajstić information content (AvgIpc) is 3.64. The molecule has 0 saturated heterocycles. The number of hydrogen-bond acceptors (Lipinski definition) is 10. The topological polar surface area (TPSA) is 189 Å². The number of rotatable bonds is 17. The summed E-state index contributed by atoms with van der Waals surface area (Å²) >= 11 is 1.99. The molecule has 3 aliphatic carbocycles. The van der Waals surface area contributed by atoms with Crippen LogP contribution in [0.5, 0.6) is 0 Å². The minimum absolute atomic E-state index is 0.0290. The van der Waals surface area contributed by atoms with Crippen LogP contribution in [0.4, 0.5) is 44.7 Å². The number of aromatic nitrogens is 3. The third kappa shape index (κ3) is 10.8. The van der Waals surface area contributed by atoms with Crippen LogP contribution < -0.4 is 21.4 Å². The molecule has 2 aromatic carbocycles. The zero-order chi connectivity index (χ0) is 47.7. The second-order valence-electron chi connectivity index (χ2n) is 17.1. The number of nitrogens with one attached hydrogen (secondary N) is 4. The van der Waals surface area contributed by atoms with Gasteiger partial charge in [0.1, 0.15) is 29.4 Å². The maximum absolute atomic E-state index is 16.0. The molecular weight excluding hydrogens is 983 g/mol. The van der Waals surface area contributed by atoms with Crippen LogP contribution in [-0.2, 0) is 37.6 Å². The SMILES string of the molecule is COC(=O)N[C@H](C(=O)N[C@@H](Cc1ccc(I)cc1)[C@@H](O)CN(Cc1c(F)cc(-c2cn(C34CC(C3)C4)nn2)cc1F)NC(=O)[C@@H](NC(=O)OC)C(C)(C)C(F)(F)F)C(C)(C)C(F)(F)F. The molecule has 5 N–H and O–H groups in total. The average molecular weight is 1030 g/mol. The van der Waals surface area contributed by atoms with Crippen LogP contribution >= 0.6 is 22.6 Å². The van der Waals surface area contributed by atoms with Crippen LogP contribution in [0, 0.1) is 32.0 Å². The Morgan fingerprint density at radius 2 is 1.36 bits per heavy atom. The van der Waals surface area contributed by atoms with Gasteiger partial charge in [0, 0.05) is 27.8 Å². The lowest BCUT2D eigenvalue weighted by atomic mass is 9.50. The number of methoxy groups -OCH3 is 2. The molecule has 3 saturated carbocycles. The largest absolute Gasteiger partial charge is 0.453 e. The summed E-state index contributed by atoms with van der Waals surface area (Å²) in [6.07, 6.45) is -11.3. The number of halogens is 9. The molecule has 4 amide bonds. The first-order valence-electron chi connectivity index (χ1n) is 19.6. The molecule has 4 atom stereocenters. The maximum atomic E-state index is 16.0. The molecule has 24 heteroatoms. The highest BCUT2D eigenvalue weighted by Crippen LogP contribution is 2.62. The van der Waals surface area contributed by atoms with Crippen molar-refractivity contribution in [3.63, 3.8) is 0 Å². The number of hydrazine groups is 1. The summed E-state index contributed by atoms with van der Waals surface area (Å²) in [4.78, 5) is 52.1. The zero-order valence-corrected chi connectivity index (χ0v) is 37.4. The first-order valence-corrected chi connectivity index (χ1v) is 20.7. The van der Waals surface area contributed by atoms with Crippen LogP contribution in [-0.4, -0.2) is 106 Å². The summed E-state index contributed by atoms with van der Waals surface area (Å²) < 4.78 is 129. The second kappa shape index (κ2) is 18.9. The van der Waals surface area contributed by atoms with Crippen molar-refractivity contribution in [2.75, 3.05) is 20.8 Å². The minimum atomic E-state index is -5.16. The summed E-state index contributed by atoms with van der Waals surface area (Å²) in [6, 6.07) is 1.71. The first-order chi connectivity index (χ1) is 29.6. The molecule has 3 fully saturated rings. The van der Waals surface area contributed by atoms with E-state index in [4.69, 9.17) is 0 Å². The Hall–Kier alpha value is -4.85. The van der Waals surface area contributed by atoms with Crippen molar-refractivity contribution in [2.45, 2.75) is 102 Å². The Morgan fingerprint density at radius 1 is 0.859 bits per heavy atom. The van der Waals surface area contributed by atoms with Crippen molar-refractivity contribution in [3.05, 3.63) is 68.9 Å². The predicted molar refractivity (Wildman–Crippen MR) is 218 cm³/mol. The van der Waals surface area contributed by atoms with Gasteiger partial charge in [-0.3, -0.25) is 15.0 Å². The van der Waals surface area contributed by atoms with E-state index in [1.807, 2.05) is 33.2 Å². The molecule has 0 aliphatic heterocycles. The minimum Gasteiger partial charge on any atom is -0.453 e. The highest BCUT2D eigenvalue weighted by molar-refractivity contribution is 14.1. The lowest BCUT2D eigenvalue weighted by Crippen LogP contribution is -2.63. The number of alkyl halides is 6. The van der Waals surface area contributed by atoms with Gasteiger partial charge in [0.05, 0.1) is 48.9 Å². The Bertz CT molecular complexity index is 2170. The third-order valence-electron chi connectivity index (χ3n) is 11.9. The van der Waals surface area contributed by atoms with Gasteiger partial charge < -0.3 is 30.5 Å². The number of benzene rings is 2. The highest BCUT2D eigenvalue weighted by atomic mass is 127. The highest BCUT2D eigenvalue weighted by Gasteiger charge is 2.59. The van der Waals surface area contributed by atoms with Crippen molar-refractivity contribution >= 4 is 46.6 Å². The second-order valence-corrected chi connectivity index (χ2v) is 18.4. The number of nitrogens with zero attached hydrogens (tertiary/aromatic N) is 4. The van der Waals surface area contributed by atoms with Gasteiger partial charge in [-0.05, 0) is 112 Å². The fourth-order valence-electron chi connectivity index (χ4n) is 7.41. The third-order valence-corrected chi connectivity index (χ3v) is 12.7. The number of aliphatic hydroxyl groups excluding tert-OH is 1. The van der Waals surface area contributed by atoms with Crippen LogP contribution in [0.1, 0.15) is 58.1 Å². The lowest BCUT2D eigenvalue weighted by Gasteiger charge is -2.61. The van der Waals surface area contributed by atoms with Crippen LogP contribution in [0.2, 0.25) is 0 Å². The smallest absolute Gasteiger partial charge is 0.407 e. The summed E-state index contributed by atoms with van der Waals surface area (Å²) in [6.45, 7) is 0.429. The molecule has 64 heavy (non-hydrogen) atoms. The molecule has 3 aromatic rings. The van der Waals surface area contributed by atoms with Crippen LogP contribution in [0.25, 0.3) is 11.3 Å². The Morgan fingerprint density at radius 3 is 1.81 bits per heavy atom. The number of hydrogen-bond donors (Lipinski definition) is 5. The summed E-state index contributed by atoms with van der Waals surface area (Å²) in [5.41, 5.74) is -4.38. The van der Waals surface area contributed by atoms with Gasteiger partial charge in [-0.2, -0.15) is 26.3 Å². The lowest BCUT2D eigenvalue weighted by molar-refractivity contribution is -0.221. The number of carbonyl (C=O) groups excluding carboxylic acids is 4. The van der Waals surface area contributed by atoms with E-state index in [-0.39, 0.29) is 23.2 Å². The van der Waals surface area contributed by atoms with E-state index in [0.29, 0.717) is 44.2 Å². The van der Waals surface area contributed by atoms with E-state index in [1.165, 1.54) is 0 Å². The fourth-order valence-corrected chi connectivity index (χ4v) is 7.77. The van der Waals surface area contributed by atoms with Gasteiger partial charge in [-0.15, -0.1) is 5.10 Å². The van der Waals surface area contributed by atoms with Gasteiger partial charge in [-0.25, -0.2) is 28.1 Å². The standard InChI is InChI=1S/C40H47F8IN8O7/c1-36(2,39(43,44)45)30(51-34(61)63-5)32(59)50-27(11-20-7-9-23(49)10-8-20)29(58)19-56(54-33(60)31(52-35(62)64-6)37(3,4)40(46,47)48)17-24-25(41)12-22(13-26(24)42)28-18-57(55-53-28)38-14-21(15-38)16-38/h7-10,12-13,18,21,27,29-31,58H,11,14-17,19H2,1-6H3,(H,50,59)(H,51,61)(H,52,62)(H,54,60)/t21?,27-,29-,30+,31+,38?/m0/s1. The molecule has 6 rings (SSSR count). The van der Waals surface area contributed by atoms with E-state index in [2.05, 4.69) is 30.5 Å². The van der Waals surface area contributed by atoms with E-state index in [1.54, 1.807) is 35.1 Å². The molecule has 352 valence electrons. The number of ether oxygens (including phenoxy) is 2. The summed E-state index contributed by atoms with van der Waals surface area (Å²) in [7, 11) is 1.67. The van der Waals surface area contributed by atoms with Gasteiger partial charge >= 0.3 is 24.5 Å². The van der Waals surface area contributed by atoms with Crippen molar-refractivity contribution in [2.24, 2.45) is 16.7 Å². The normalized spacial score (nSPS) is 19.3. The molecule has 0 radical (unpaired) electrons. The fraction of sp³-hybridized carbons (Fsp3) is 0.550. The number of amides is 4. The van der Waals surface area contributed by atoms with Gasteiger partial charge in [0.2, 0.25) is 5.91 Å². The summed E-state index contributed by atoms with van der Waals surface area (Å²) in [5, 5.41) is 26.6. The van der Waals surface area contributed by atoms with E-state index < -0.39 is 102 Å². The van der Waals surface area contributed by atoms with Crippen molar-refractivity contribution in [3.8, 4) is 11.3 Å². The Kier molecular flexibility index (Phi) is 14.8. The molecule has 15 nitrogen and oxygen atoms in total. The number of aliphatic hydroxyl groups is 1. The Balaban J connectivity index is 1.52. The van der Waals surface area contributed by atoms with Gasteiger partial charge in [0.15, 0.2) is 0 Å². The Labute approximate surface area is 375 Å². The number of alkyl carbamates (subject to hydrolysis) is 2. The van der Waals surface area contributed by atoms with E-state index in [9.17, 15) is 50.6 Å². The molecule has 0 spiro atoms. The molecule has 2 bridgehead atoms. The van der Waals surface area contributed by atoms with E-state index >= 15 is 8.78 Å². The summed E-state index contributed by atoms with van der Waals surface area (Å²) in [5.74, 6) is -4.93. The molecule has 0 unspecified atom stereocenters. The molecule has 3 aliphatic rings. The van der Waals surface area contributed by atoms with E-state index in [0.717, 1.165) is 49.2 Å². The van der Waals surface area contributed by atoms with Crippen molar-refractivity contribution < 1.29 is 68.9 Å². The zero-order valence-electron chi connectivity index (χ0n) is 35.3. The van der Waals surface area contributed by atoms with Crippen LogP contribution in [0.3, 0.4) is 0 Å². The van der Waals surface area contributed by atoms with Crippen LogP contribution in [0.15, 0.2) is 42.6 Å². The molecule has 1 heterocycles. The monoisotopic (exact) mass is 1030 g/mol. The van der Waals surface area contributed by atoms with Gasteiger partial charge in [0.25, 0.3) is 5.91 Å². The van der Waals surface area contributed by atoms with Gasteiger partial charge in [-0.1, -0.05) is 17.3 Å². The number of carbonyl (C=O) groups is 4. The molecular formula is C40H47F8IN8O7. The predicted octanol–water partition coefficient (Wildman–Crippen LogP) is 5.88. The molecule has 1 aromatic heterocycles.